The van der Waals surface area contributed by atoms with Crippen molar-refractivity contribution in [1.29, 1.82) is 0 Å². The molecule has 3 aromatic heterocycles. The molecule has 3 heterocycles. The van der Waals surface area contributed by atoms with Crippen LogP contribution in [-0.4, -0.2) is 27.0 Å². The molecule has 0 saturated carbocycles. The molecule has 0 fully saturated rings. The zero-order valence-corrected chi connectivity index (χ0v) is 13.8. The molecule has 0 aliphatic carbocycles. The molecule has 0 aliphatic rings. The van der Waals surface area contributed by atoms with E-state index < -0.39 is 11.5 Å². The molecule has 7 nitrogen and oxygen atoms in total. The van der Waals surface area contributed by atoms with Gasteiger partial charge in [0.25, 0.3) is 11.5 Å². The van der Waals surface area contributed by atoms with Crippen LogP contribution in [0.5, 0.6) is 0 Å². The van der Waals surface area contributed by atoms with Crippen LogP contribution >= 0.6 is 0 Å². The van der Waals surface area contributed by atoms with Gasteiger partial charge in [-0.15, -0.1) is 0 Å². The standard InChI is InChI=1S/C19H16N4O3/c24-18(13-7-8-15(22-19(13)25)17-6-3-11-26-17)20-9-10-23-12-21-14-4-1-2-5-16(14)23/h1-8,11-12H,9-10H2,(H,20,24)(H,22,25). The van der Waals surface area contributed by atoms with E-state index in [1.54, 1.807) is 24.5 Å². The molecule has 130 valence electrons. The third kappa shape index (κ3) is 3.02. The van der Waals surface area contributed by atoms with Crippen molar-refractivity contribution < 1.29 is 9.21 Å². The zero-order chi connectivity index (χ0) is 17.9. The van der Waals surface area contributed by atoms with Gasteiger partial charge in [-0.3, -0.25) is 9.59 Å². The lowest BCUT2D eigenvalue weighted by Gasteiger charge is -2.07. The number of hydrogen-bond acceptors (Lipinski definition) is 4. The number of aromatic amines is 1. The lowest BCUT2D eigenvalue weighted by Crippen LogP contribution is -2.31. The molecule has 26 heavy (non-hydrogen) atoms. The largest absolute Gasteiger partial charge is 0.463 e. The molecule has 7 heteroatoms. The van der Waals surface area contributed by atoms with Gasteiger partial charge in [-0.2, -0.15) is 0 Å². The molecule has 0 bridgehead atoms. The van der Waals surface area contributed by atoms with E-state index in [9.17, 15) is 9.59 Å². The van der Waals surface area contributed by atoms with E-state index >= 15 is 0 Å². The third-order valence-corrected chi connectivity index (χ3v) is 4.11. The summed E-state index contributed by atoms with van der Waals surface area (Å²) in [7, 11) is 0. The highest BCUT2D eigenvalue weighted by atomic mass is 16.3. The van der Waals surface area contributed by atoms with Crippen molar-refractivity contribution in [3.05, 3.63) is 77.0 Å². The lowest BCUT2D eigenvalue weighted by atomic mass is 10.2. The first kappa shape index (κ1) is 15.9. The maximum atomic E-state index is 12.3. The zero-order valence-electron chi connectivity index (χ0n) is 13.8. The third-order valence-electron chi connectivity index (χ3n) is 4.11. The summed E-state index contributed by atoms with van der Waals surface area (Å²) in [5.74, 6) is 0.128. The Morgan fingerprint density at radius 1 is 1.15 bits per heavy atom. The number of para-hydroxylation sites is 2. The van der Waals surface area contributed by atoms with E-state index in [2.05, 4.69) is 15.3 Å². The first-order chi connectivity index (χ1) is 12.7. The van der Waals surface area contributed by atoms with Crippen molar-refractivity contribution in [2.75, 3.05) is 6.54 Å². The van der Waals surface area contributed by atoms with Crippen LogP contribution < -0.4 is 10.9 Å². The van der Waals surface area contributed by atoms with E-state index in [1.165, 1.54) is 12.3 Å². The van der Waals surface area contributed by atoms with Crippen LogP contribution in [0.25, 0.3) is 22.5 Å². The molecule has 0 atom stereocenters. The fraction of sp³-hybridized carbons (Fsp3) is 0.105. The second-order valence-electron chi connectivity index (χ2n) is 5.77. The number of carbonyl (C=O) groups excluding carboxylic acids is 1. The van der Waals surface area contributed by atoms with Crippen molar-refractivity contribution in [2.24, 2.45) is 0 Å². The van der Waals surface area contributed by atoms with Crippen molar-refractivity contribution in [2.45, 2.75) is 6.54 Å². The minimum absolute atomic E-state index is 0.0656. The number of nitrogens with one attached hydrogen (secondary N) is 2. The van der Waals surface area contributed by atoms with E-state index in [4.69, 9.17) is 4.42 Å². The normalized spacial score (nSPS) is 10.9. The Kier molecular flexibility index (Phi) is 4.10. The molecule has 1 aromatic carbocycles. The topological polar surface area (TPSA) is 92.9 Å². The second kappa shape index (κ2) is 6.72. The van der Waals surface area contributed by atoms with E-state index in [-0.39, 0.29) is 5.56 Å². The van der Waals surface area contributed by atoms with Crippen molar-refractivity contribution >= 4 is 16.9 Å². The number of carbonyl (C=O) groups is 1. The number of furan rings is 1. The van der Waals surface area contributed by atoms with E-state index in [0.29, 0.717) is 24.5 Å². The van der Waals surface area contributed by atoms with Gasteiger partial charge < -0.3 is 19.3 Å². The van der Waals surface area contributed by atoms with Gasteiger partial charge in [0.05, 0.1) is 29.3 Å². The van der Waals surface area contributed by atoms with Gasteiger partial charge >= 0.3 is 0 Å². The fourth-order valence-electron chi connectivity index (χ4n) is 2.80. The van der Waals surface area contributed by atoms with Crippen molar-refractivity contribution in [1.82, 2.24) is 19.9 Å². The Balaban J connectivity index is 1.43. The number of pyridine rings is 1. The maximum Gasteiger partial charge on any atom is 0.261 e. The van der Waals surface area contributed by atoms with E-state index in [0.717, 1.165) is 11.0 Å². The van der Waals surface area contributed by atoms with Crippen LogP contribution in [0.4, 0.5) is 0 Å². The number of imidazole rings is 1. The number of aromatic nitrogens is 3. The lowest BCUT2D eigenvalue weighted by molar-refractivity contribution is 0.0951. The Hall–Kier alpha value is -3.61. The van der Waals surface area contributed by atoms with Gasteiger partial charge in [0.15, 0.2) is 0 Å². The molecule has 4 aromatic rings. The smallest absolute Gasteiger partial charge is 0.261 e. The van der Waals surface area contributed by atoms with Crippen LogP contribution in [0.15, 0.2) is 70.3 Å². The molecule has 2 N–H and O–H groups in total. The summed E-state index contributed by atoms with van der Waals surface area (Å²) < 4.78 is 7.20. The van der Waals surface area contributed by atoms with Crippen LogP contribution in [0, 0.1) is 0 Å². The van der Waals surface area contributed by atoms with Crippen LogP contribution in [0.3, 0.4) is 0 Å². The minimum Gasteiger partial charge on any atom is -0.463 e. The summed E-state index contributed by atoms with van der Waals surface area (Å²) >= 11 is 0. The molecular weight excluding hydrogens is 332 g/mol. The average molecular weight is 348 g/mol. The highest BCUT2D eigenvalue weighted by Gasteiger charge is 2.12. The van der Waals surface area contributed by atoms with Crippen LogP contribution in [0.1, 0.15) is 10.4 Å². The summed E-state index contributed by atoms with van der Waals surface area (Å²) in [6, 6.07) is 14.4. The molecule has 4 rings (SSSR count). The van der Waals surface area contributed by atoms with Gasteiger partial charge in [-0.1, -0.05) is 12.1 Å². The van der Waals surface area contributed by atoms with Crippen molar-refractivity contribution in [3.8, 4) is 11.5 Å². The highest BCUT2D eigenvalue weighted by Crippen LogP contribution is 2.15. The van der Waals surface area contributed by atoms with Crippen LogP contribution in [0.2, 0.25) is 0 Å². The van der Waals surface area contributed by atoms with Crippen molar-refractivity contribution in [3.63, 3.8) is 0 Å². The number of amides is 1. The van der Waals surface area contributed by atoms with Gasteiger partial charge in [-0.05, 0) is 36.4 Å². The van der Waals surface area contributed by atoms with Gasteiger partial charge in [0.1, 0.15) is 11.3 Å². The van der Waals surface area contributed by atoms with Gasteiger partial charge in [0.2, 0.25) is 0 Å². The van der Waals surface area contributed by atoms with E-state index in [1.807, 2.05) is 28.8 Å². The minimum atomic E-state index is -0.454. The quantitative estimate of drug-likeness (QED) is 0.579. The van der Waals surface area contributed by atoms with Gasteiger partial charge in [0, 0.05) is 13.1 Å². The summed E-state index contributed by atoms with van der Waals surface area (Å²) in [4.78, 5) is 31.4. The number of H-pyrrole nitrogens is 1. The second-order valence-corrected chi connectivity index (χ2v) is 5.77. The fourth-order valence-corrected chi connectivity index (χ4v) is 2.80. The number of nitrogens with zero attached hydrogens (tertiary/aromatic N) is 2. The Morgan fingerprint density at radius 2 is 2.04 bits per heavy atom. The summed E-state index contributed by atoms with van der Waals surface area (Å²) in [6.07, 6.45) is 3.26. The highest BCUT2D eigenvalue weighted by molar-refractivity contribution is 5.94. The van der Waals surface area contributed by atoms with Gasteiger partial charge in [-0.25, -0.2) is 4.98 Å². The summed E-state index contributed by atoms with van der Waals surface area (Å²) in [6.45, 7) is 0.952. The number of fused-ring (bicyclic) bond motifs is 1. The maximum absolute atomic E-state index is 12.3. The monoisotopic (exact) mass is 348 g/mol. The molecular formula is C19H16N4O3. The summed E-state index contributed by atoms with van der Waals surface area (Å²) in [5.41, 5.74) is 2.05. The molecule has 0 spiro atoms. The Bertz CT molecular complexity index is 1110. The number of benzene rings is 1. The molecule has 0 unspecified atom stereocenters. The number of rotatable bonds is 5. The molecule has 0 aliphatic heterocycles. The Labute approximate surface area is 148 Å². The predicted octanol–water partition coefficient (Wildman–Crippen LogP) is 2.41. The molecule has 1 amide bonds. The molecule has 0 saturated heterocycles. The average Bonchev–Trinajstić information content (AvgIpc) is 3.32. The van der Waals surface area contributed by atoms with Crippen LogP contribution in [-0.2, 0) is 6.54 Å². The SMILES string of the molecule is O=C(NCCn1cnc2ccccc21)c1ccc(-c2ccco2)[nH]c1=O. The Morgan fingerprint density at radius 3 is 2.85 bits per heavy atom. The first-order valence-electron chi connectivity index (χ1n) is 8.17. The number of hydrogen-bond donors (Lipinski definition) is 2. The summed E-state index contributed by atoms with van der Waals surface area (Å²) in [5, 5.41) is 2.77. The first-order valence-corrected chi connectivity index (χ1v) is 8.17. The molecule has 0 radical (unpaired) electrons. The predicted molar refractivity (Wildman–Crippen MR) is 96.8 cm³/mol.